The summed E-state index contributed by atoms with van der Waals surface area (Å²) in [6.45, 7) is 3.31. The van der Waals surface area contributed by atoms with E-state index in [0.717, 1.165) is 11.3 Å². The molecule has 1 aromatic carbocycles. The SMILES string of the molecule is CSCCC(NC(=O)c1cccc(C)c1)C(=O)N1CCN(CC(F)F)CC1. The summed E-state index contributed by atoms with van der Waals surface area (Å²) in [5.74, 6) is 0.340. The number of hydrogen-bond acceptors (Lipinski definition) is 4. The second kappa shape index (κ2) is 10.6. The summed E-state index contributed by atoms with van der Waals surface area (Å²) in [7, 11) is 0. The van der Waals surface area contributed by atoms with Crippen LogP contribution < -0.4 is 5.32 Å². The average Bonchev–Trinajstić information content (AvgIpc) is 2.64. The molecule has 1 atom stereocenters. The Morgan fingerprint density at radius 1 is 1.22 bits per heavy atom. The van der Waals surface area contributed by atoms with Gasteiger partial charge in [0.2, 0.25) is 5.91 Å². The third kappa shape index (κ3) is 6.77. The standard InChI is InChI=1S/C19H27F2N3O2S/c1-14-4-3-5-15(12-14)18(25)22-16(6-11-27-2)19(26)24-9-7-23(8-10-24)13-17(20)21/h3-5,12,16-17H,6-11,13H2,1-2H3,(H,22,25). The average molecular weight is 400 g/mol. The molecule has 8 heteroatoms. The molecule has 0 radical (unpaired) electrons. The molecule has 2 amide bonds. The van der Waals surface area contributed by atoms with Gasteiger partial charge in [0, 0.05) is 31.7 Å². The number of halogens is 2. The van der Waals surface area contributed by atoms with Crippen LogP contribution in [0.1, 0.15) is 22.3 Å². The van der Waals surface area contributed by atoms with Gasteiger partial charge >= 0.3 is 0 Å². The van der Waals surface area contributed by atoms with E-state index in [9.17, 15) is 18.4 Å². The molecule has 0 spiro atoms. The molecule has 1 aliphatic rings. The minimum atomic E-state index is -2.37. The molecular formula is C19H27F2N3O2S. The molecule has 27 heavy (non-hydrogen) atoms. The first-order chi connectivity index (χ1) is 12.9. The fourth-order valence-electron chi connectivity index (χ4n) is 3.09. The van der Waals surface area contributed by atoms with Crippen molar-refractivity contribution in [1.29, 1.82) is 0 Å². The molecule has 0 aliphatic carbocycles. The van der Waals surface area contributed by atoms with Crippen molar-refractivity contribution in [3.05, 3.63) is 35.4 Å². The Labute approximate surface area is 163 Å². The Morgan fingerprint density at radius 3 is 2.52 bits per heavy atom. The first-order valence-electron chi connectivity index (χ1n) is 9.06. The summed E-state index contributed by atoms with van der Waals surface area (Å²) >= 11 is 1.61. The van der Waals surface area contributed by atoms with Gasteiger partial charge in [-0.05, 0) is 37.5 Å². The molecule has 1 N–H and O–H groups in total. The zero-order valence-corrected chi connectivity index (χ0v) is 16.6. The third-order valence-corrected chi connectivity index (χ3v) is 5.22. The van der Waals surface area contributed by atoms with E-state index in [2.05, 4.69) is 5.32 Å². The number of aryl methyl sites for hydroxylation is 1. The molecule has 1 unspecified atom stereocenters. The van der Waals surface area contributed by atoms with Crippen molar-refractivity contribution >= 4 is 23.6 Å². The van der Waals surface area contributed by atoms with Crippen molar-refractivity contribution in [2.75, 3.05) is 44.7 Å². The van der Waals surface area contributed by atoms with E-state index in [1.807, 2.05) is 25.3 Å². The predicted octanol–water partition coefficient (Wildman–Crippen LogP) is 2.26. The second-order valence-corrected chi connectivity index (χ2v) is 7.68. The van der Waals surface area contributed by atoms with Gasteiger partial charge in [0.15, 0.2) is 0 Å². The number of thioether (sulfide) groups is 1. The number of hydrogen-bond donors (Lipinski definition) is 1. The van der Waals surface area contributed by atoms with Gasteiger partial charge in [0.25, 0.3) is 12.3 Å². The van der Waals surface area contributed by atoms with Crippen LogP contribution in [0, 0.1) is 6.92 Å². The van der Waals surface area contributed by atoms with Crippen LogP contribution in [0.4, 0.5) is 8.78 Å². The lowest BCUT2D eigenvalue weighted by atomic mass is 10.1. The molecular weight excluding hydrogens is 372 g/mol. The van der Waals surface area contributed by atoms with Gasteiger partial charge in [-0.2, -0.15) is 11.8 Å². The second-order valence-electron chi connectivity index (χ2n) is 6.69. The van der Waals surface area contributed by atoms with Gasteiger partial charge in [-0.1, -0.05) is 17.7 Å². The number of piperazine rings is 1. The van der Waals surface area contributed by atoms with Crippen molar-refractivity contribution in [3.63, 3.8) is 0 Å². The summed E-state index contributed by atoms with van der Waals surface area (Å²) < 4.78 is 25.0. The fourth-order valence-corrected chi connectivity index (χ4v) is 3.56. The lowest BCUT2D eigenvalue weighted by molar-refractivity contribution is -0.135. The van der Waals surface area contributed by atoms with Crippen LogP contribution in [0.3, 0.4) is 0 Å². The van der Waals surface area contributed by atoms with Crippen molar-refractivity contribution in [2.24, 2.45) is 0 Å². The van der Waals surface area contributed by atoms with Gasteiger partial charge in [0.1, 0.15) is 6.04 Å². The third-order valence-electron chi connectivity index (χ3n) is 4.57. The van der Waals surface area contributed by atoms with Crippen molar-refractivity contribution < 1.29 is 18.4 Å². The molecule has 1 heterocycles. The van der Waals surface area contributed by atoms with E-state index >= 15 is 0 Å². The van der Waals surface area contributed by atoms with Crippen LogP contribution in [0.25, 0.3) is 0 Å². The van der Waals surface area contributed by atoms with E-state index < -0.39 is 12.5 Å². The molecule has 0 saturated carbocycles. The highest BCUT2D eigenvalue weighted by molar-refractivity contribution is 7.98. The number of carbonyl (C=O) groups is 2. The number of benzene rings is 1. The Bertz CT molecular complexity index is 637. The zero-order chi connectivity index (χ0) is 19.8. The van der Waals surface area contributed by atoms with E-state index in [0.29, 0.717) is 38.2 Å². The number of nitrogens with zero attached hydrogens (tertiary/aromatic N) is 2. The molecule has 0 aromatic heterocycles. The number of amides is 2. The van der Waals surface area contributed by atoms with Crippen LogP contribution in [0.5, 0.6) is 0 Å². The number of alkyl halides is 2. The number of rotatable bonds is 8. The van der Waals surface area contributed by atoms with Crippen LogP contribution in [0.2, 0.25) is 0 Å². The molecule has 1 saturated heterocycles. The van der Waals surface area contributed by atoms with E-state index in [1.54, 1.807) is 33.7 Å². The highest BCUT2D eigenvalue weighted by Gasteiger charge is 2.29. The lowest BCUT2D eigenvalue weighted by Gasteiger charge is -2.36. The van der Waals surface area contributed by atoms with Gasteiger partial charge in [-0.15, -0.1) is 0 Å². The zero-order valence-electron chi connectivity index (χ0n) is 15.8. The predicted molar refractivity (Wildman–Crippen MR) is 104 cm³/mol. The topological polar surface area (TPSA) is 52.7 Å². The molecule has 1 fully saturated rings. The molecule has 1 aliphatic heterocycles. The van der Waals surface area contributed by atoms with E-state index in [-0.39, 0.29) is 18.4 Å². The van der Waals surface area contributed by atoms with Crippen molar-refractivity contribution in [2.45, 2.75) is 25.8 Å². The fraction of sp³-hybridized carbons (Fsp3) is 0.579. The van der Waals surface area contributed by atoms with Gasteiger partial charge in [-0.25, -0.2) is 8.78 Å². The largest absolute Gasteiger partial charge is 0.340 e. The van der Waals surface area contributed by atoms with Gasteiger partial charge in [0.05, 0.1) is 6.54 Å². The smallest absolute Gasteiger partial charge is 0.251 e. The molecule has 1 aromatic rings. The van der Waals surface area contributed by atoms with Crippen LogP contribution in [-0.2, 0) is 4.79 Å². The number of nitrogens with one attached hydrogen (secondary N) is 1. The summed E-state index contributed by atoms with van der Waals surface area (Å²) in [5.41, 5.74) is 1.50. The Morgan fingerprint density at radius 2 is 1.93 bits per heavy atom. The number of carbonyl (C=O) groups excluding carboxylic acids is 2. The molecule has 5 nitrogen and oxygen atoms in total. The quantitative estimate of drug-likeness (QED) is 0.729. The van der Waals surface area contributed by atoms with Crippen LogP contribution in [0.15, 0.2) is 24.3 Å². The van der Waals surface area contributed by atoms with Crippen LogP contribution >= 0.6 is 11.8 Å². The van der Waals surface area contributed by atoms with Crippen molar-refractivity contribution in [3.8, 4) is 0 Å². The van der Waals surface area contributed by atoms with Gasteiger partial charge < -0.3 is 10.2 Å². The van der Waals surface area contributed by atoms with Crippen molar-refractivity contribution in [1.82, 2.24) is 15.1 Å². The minimum absolute atomic E-state index is 0.137. The first kappa shape index (κ1) is 21.6. The minimum Gasteiger partial charge on any atom is -0.340 e. The maximum Gasteiger partial charge on any atom is 0.251 e. The molecule has 150 valence electrons. The summed E-state index contributed by atoms with van der Waals surface area (Å²) in [6, 6.07) is 6.62. The Kier molecular flexibility index (Phi) is 8.50. The summed E-state index contributed by atoms with van der Waals surface area (Å²) in [4.78, 5) is 28.8. The first-order valence-corrected chi connectivity index (χ1v) is 10.5. The van der Waals surface area contributed by atoms with E-state index in [1.165, 1.54) is 0 Å². The highest BCUT2D eigenvalue weighted by atomic mass is 32.2. The maximum absolute atomic E-state index is 12.9. The monoisotopic (exact) mass is 399 g/mol. The lowest BCUT2D eigenvalue weighted by Crippen LogP contribution is -2.55. The Hall–Kier alpha value is -1.67. The molecule has 2 rings (SSSR count). The summed E-state index contributed by atoms with van der Waals surface area (Å²) in [5, 5.41) is 2.86. The van der Waals surface area contributed by atoms with E-state index in [4.69, 9.17) is 0 Å². The highest BCUT2D eigenvalue weighted by Crippen LogP contribution is 2.11. The Balaban J connectivity index is 1.98. The van der Waals surface area contributed by atoms with Gasteiger partial charge in [-0.3, -0.25) is 14.5 Å². The maximum atomic E-state index is 12.9. The van der Waals surface area contributed by atoms with Crippen LogP contribution in [-0.4, -0.2) is 78.8 Å². The normalized spacial score (nSPS) is 16.4. The molecule has 0 bridgehead atoms. The summed E-state index contributed by atoms with van der Waals surface area (Å²) in [6.07, 6.45) is 0.122.